The Bertz CT molecular complexity index is 1350. The third-order valence-corrected chi connectivity index (χ3v) is 10.8. The Labute approximate surface area is 268 Å². The summed E-state index contributed by atoms with van der Waals surface area (Å²) >= 11 is 0. The molecule has 0 amide bonds. The van der Waals surface area contributed by atoms with Gasteiger partial charge in [-0.3, -0.25) is 0 Å². The quantitative estimate of drug-likeness (QED) is 0.0859. The molecule has 234 valence electrons. The minimum atomic E-state index is -1.25. The molecule has 0 bridgehead atoms. The van der Waals surface area contributed by atoms with E-state index in [1.807, 2.05) is 12.1 Å². The molecule has 0 heterocycles. The van der Waals surface area contributed by atoms with E-state index in [9.17, 15) is 0 Å². The first-order valence-corrected chi connectivity index (χ1v) is 18.4. The normalized spacial score (nSPS) is 13.0. The van der Waals surface area contributed by atoms with Gasteiger partial charge in [-0.05, 0) is 53.1 Å². The molecular weight excluding hydrogens is 582 g/mol. The van der Waals surface area contributed by atoms with Gasteiger partial charge in [0.25, 0.3) is 0 Å². The largest absolute Gasteiger partial charge is 0.446 e. The van der Waals surface area contributed by atoms with Crippen molar-refractivity contribution in [3.8, 4) is 22.6 Å². The first kappa shape index (κ1) is 34.1. The summed E-state index contributed by atoms with van der Waals surface area (Å²) in [6.07, 6.45) is 7.39. The molecule has 0 radical (unpaired) electrons. The van der Waals surface area contributed by atoms with E-state index in [0.29, 0.717) is 12.3 Å². The van der Waals surface area contributed by atoms with Gasteiger partial charge in [0.2, 0.25) is 16.8 Å². The Kier molecular flexibility index (Phi) is 13.3. The molecule has 2 unspecified atom stereocenters. The molecule has 0 aliphatic rings. The highest BCUT2D eigenvalue weighted by Gasteiger charge is 2.28. The molecule has 2 atom stereocenters. The molecule has 44 heavy (non-hydrogen) atoms. The van der Waals surface area contributed by atoms with Gasteiger partial charge in [-0.1, -0.05) is 137 Å². The molecular formula is C38H48O4P2. The second-order valence-electron chi connectivity index (χ2n) is 11.9. The molecule has 0 aliphatic heterocycles. The molecule has 0 aliphatic carbocycles. The Morgan fingerprint density at radius 2 is 1.18 bits per heavy atom. The third-order valence-electron chi connectivity index (χ3n) is 7.93. The summed E-state index contributed by atoms with van der Waals surface area (Å²) in [5, 5.41) is 0. The van der Waals surface area contributed by atoms with Crippen molar-refractivity contribution in [2.24, 2.45) is 0 Å². The second kappa shape index (κ2) is 17.1. The molecule has 4 aromatic rings. The van der Waals surface area contributed by atoms with Crippen LogP contribution in [0.1, 0.15) is 75.1 Å². The van der Waals surface area contributed by atoms with Gasteiger partial charge in [0.1, 0.15) is 11.5 Å². The smallest absolute Gasteiger partial charge is 0.234 e. The number of unbranched alkanes of at least 4 members (excludes halogenated alkanes) is 3. The molecule has 0 aromatic heterocycles. The molecule has 4 nitrogen and oxygen atoms in total. The summed E-state index contributed by atoms with van der Waals surface area (Å²) < 4.78 is 25.7. The van der Waals surface area contributed by atoms with Crippen molar-refractivity contribution < 1.29 is 18.1 Å². The molecule has 0 saturated heterocycles. The van der Waals surface area contributed by atoms with Crippen LogP contribution in [0.25, 0.3) is 11.1 Å². The highest BCUT2D eigenvalue weighted by Crippen LogP contribution is 2.53. The van der Waals surface area contributed by atoms with Gasteiger partial charge in [0, 0.05) is 14.2 Å². The SMILES string of the molecule is CCCCCCC(C)(C)c1cc(OP(Cc2ccccc2)OC)c(-c2cccc(C)c2)c(OP(Cc2ccccc2)OC)c1. The van der Waals surface area contributed by atoms with Gasteiger partial charge >= 0.3 is 0 Å². The van der Waals surface area contributed by atoms with Crippen molar-refractivity contribution in [3.63, 3.8) is 0 Å². The molecule has 0 fully saturated rings. The van der Waals surface area contributed by atoms with Gasteiger partial charge < -0.3 is 18.1 Å². The summed E-state index contributed by atoms with van der Waals surface area (Å²) in [6, 6.07) is 33.8. The molecule has 6 heteroatoms. The summed E-state index contributed by atoms with van der Waals surface area (Å²) in [5.74, 6) is 1.58. The summed E-state index contributed by atoms with van der Waals surface area (Å²) in [5.41, 5.74) is 6.68. The predicted molar refractivity (Wildman–Crippen MR) is 188 cm³/mol. The molecule has 0 saturated carbocycles. The monoisotopic (exact) mass is 630 g/mol. The molecule has 0 N–H and O–H groups in total. The first-order chi connectivity index (χ1) is 21.3. The van der Waals surface area contributed by atoms with Crippen LogP contribution in [0.4, 0.5) is 0 Å². The maximum absolute atomic E-state index is 6.88. The molecule has 0 spiro atoms. The van der Waals surface area contributed by atoms with E-state index in [-0.39, 0.29) is 5.41 Å². The number of aryl methyl sites for hydroxylation is 1. The van der Waals surface area contributed by atoms with Crippen molar-refractivity contribution in [2.75, 3.05) is 14.2 Å². The highest BCUT2D eigenvalue weighted by molar-refractivity contribution is 7.47. The minimum absolute atomic E-state index is 0.0698. The average Bonchev–Trinajstić information content (AvgIpc) is 3.03. The zero-order valence-corrected chi connectivity index (χ0v) is 29.0. The van der Waals surface area contributed by atoms with E-state index >= 15 is 0 Å². The van der Waals surface area contributed by atoms with E-state index in [4.69, 9.17) is 18.1 Å². The van der Waals surface area contributed by atoms with Crippen LogP contribution in [-0.4, -0.2) is 14.2 Å². The Balaban J connectivity index is 1.81. The zero-order valence-electron chi connectivity index (χ0n) is 27.2. The van der Waals surface area contributed by atoms with Gasteiger partial charge in [-0.15, -0.1) is 0 Å². The zero-order chi connectivity index (χ0) is 31.4. The predicted octanol–water partition coefficient (Wildman–Crippen LogP) is 12.0. The number of hydrogen-bond donors (Lipinski definition) is 0. The van der Waals surface area contributed by atoms with E-state index in [1.54, 1.807) is 14.2 Å². The fourth-order valence-corrected chi connectivity index (χ4v) is 7.58. The summed E-state index contributed by atoms with van der Waals surface area (Å²) in [7, 11) is 0.986. The lowest BCUT2D eigenvalue weighted by atomic mass is 9.79. The van der Waals surface area contributed by atoms with Crippen LogP contribution in [-0.2, 0) is 26.8 Å². The van der Waals surface area contributed by atoms with Gasteiger partial charge in [-0.2, -0.15) is 0 Å². The first-order valence-electron chi connectivity index (χ1n) is 15.7. The van der Waals surface area contributed by atoms with Crippen molar-refractivity contribution in [3.05, 3.63) is 119 Å². The van der Waals surface area contributed by atoms with Crippen LogP contribution in [0, 0.1) is 6.92 Å². The third kappa shape index (κ3) is 9.88. The number of benzene rings is 4. The van der Waals surface area contributed by atoms with Crippen LogP contribution in [0.3, 0.4) is 0 Å². The van der Waals surface area contributed by atoms with Crippen molar-refractivity contribution in [2.45, 2.75) is 77.5 Å². The lowest BCUT2D eigenvalue weighted by Crippen LogP contribution is -2.17. The number of hydrogen-bond acceptors (Lipinski definition) is 4. The fraction of sp³-hybridized carbons (Fsp3) is 0.368. The minimum Gasteiger partial charge on any atom is -0.446 e. The molecule has 4 rings (SSSR count). The van der Waals surface area contributed by atoms with Gasteiger partial charge in [-0.25, -0.2) is 0 Å². The average molecular weight is 631 g/mol. The van der Waals surface area contributed by atoms with Crippen LogP contribution >= 0.6 is 16.8 Å². The van der Waals surface area contributed by atoms with Crippen LogP contribution in [0.5, 0.6) is 11.5 Å². The number of rotatable bonds is 17. The van der Waals surface area contributed by atoms with E-state index in [0.717, 1.165) is 29.0 Å². The Morgan fingerprint density at radius 1 is 0.636 bits per heavy atom. The fourth-order valence-electron chi connectivity index (χ4n) is 5.30. The van der Waals surface area contributed by atoms with E-state index < -0.39 is 16.8 Å². The van der Waals surface area contributed by atoms with Gasteiger partial charge in [0.05, 0.1) is 17.9 Å². The van der Waals surface area contributed by atoms with E-state index in [2.05, 4.69) is 113 Å². The highest BCUT2D eigenvalue weighted by atomic mass is 31.2. The van der Waals surface area contributed by atoms with Crippen molar-refractivity contribution in [1.82, 2.24) is 0 Å². The van der Waals surface area contributed by atoms with Crippen LogP contribution in [0.2, 0.25) is 0 Å². The van der Waals surface area contributed by atoms with Crippen LogP contribution < -0.4 is 9.05 Å². The summed E-state index contributed by atoms with van der Waals surface area (Å²) in [6.45, 7) is 9.05. The van der Waals surface area contributed by atoms with Crippen LogP contribution in [0.15, 0.2) is 97.1 Å². The maximum Gasteiger partial charge on any atom is 0.234 e. The van der Waals surface area contributed by atoms with Crippen molar-refractivity contribution >= 4 is 16.8 Å². The molecule has 4 aromatic carbocycles. The Hall–Kier alpha value is -2.74. The second-order valence-corrected chi connectivity index (χ2v) is 15.0. The topological polar surface area (TPSA) is 36.9 Å². The lowest BCUT2D eigenvalue weighted by molar-refractivity contribution is 0.387. The van der Waals surface area contributed by atoms with Crippen molar-refractivity contribution in [1.29, 1.82) is 0 Å². The summed E-state index contributed by atoms with van der Waals surface area (Å²) in [4.78, 5) is 0. The maximum atomic E-state index is 6.88. The van der Waals surface area contributed by atoms with E-state index in [1.165, 1.54) is 47.9 Å². The lowest BCUT2D eigenvalue weighted by Gasteiger charge is -2.29. The van der Waals surface area contributed by atoms with Gasteiger partial charge in [0.15, 0.2) is 0 Å². The Morgan fingerprint density at radius 3 is 1.66 bits per heavy atom. The standard InChI is InChI=1S/C38H48O4P2/c1-7-8-9-16-24-38(3,4)34-26-35(41-43(39-5)28-31-19-12-10-13-20-31)37(33-23-17-18-30(2)25-33)36(27-34)42-44(40-6)29-32-21-14-11-15-22-32/h10-15,17-23,25-27H,7-9,16,24,28-29H2,1-6H3.